The number of anilines is 1. The summed E-state index contributed by atoms with van der Waals surface area (Å²) in [5.74, 6) is -5.18. The smallest absolute Gasteiger partial charge is 0.203 e. The van der Waals surface area contributed by atoms with Gasteiger partial charge in [0.2, 0.25) is 5.82 Å². The molecule has 0 aliphatic heterocycles. The first-order valence-electron chi connectivity index (χ1n) is 5.92. The standard InChI is InChI=1S/C13H9F3N4O/c1-17-8-3-2-7-13(19-8)20-12(18-7)5-4-6(14)10(16)11(21)9(5)15/h2-4,21H,1H3,(H2,17,18,19,20). The van der Waals surface area contributed by atoms with Crippen molar-refractivity contribution in [1.29, 1.82) is 0 Å². The number of imidazole rings is 1. The van der Waals surface area contributed by atoms with Crippen molar-refractivity contribution in [1.82, 2.24) is 15.0 Å². The van der Waals surface area contributed by atoms with Gasteiger partial charge in [0.15, 0.2) is 23.0 Å². The third-order valence-electron chi connectivity index (χ3n) is 2.99. The number of aromatic nitrogens is 3. The third-order valence-corrected chi connectivity index (χ3v) is 2.99. The number of benzene rings is 1. The van der Waals surface area contributed by atoms with Crippen LogP contribution in [-0.2, 0) is 0 Å². The molecule has 0 fully saturated rings. The minimum absolute atomic E-state index is 0.0579. The van der Waals surface area contributed by atoms with E-state index in [2.05, 4.69) is 20.3 Å². The van der Waals surface area contributed by atoms with Crippen LogP contribution in [0.2, 0.25) is 0 Å². The van der Waals surface area contributed by atoms with Gasteiger partial charge in [-0.2, -0.15) is 4.39 Å². The van der Waals surface area contributed by atoms with Crippen LogP contribution in [0.15, 0.2) is 18.2 Å². The Morgan fingerprint density at radius 1 is 1.14 bits per heavy atom. The van der Waals surface area contributed by atoms with Crippen molar-refractivity contribution in [3.63, 3.8) is 0 Å². The molecule has 108 valence electrons. The summed E-state index contributed by atoms with van der Waals surface area (Å²) in [4.78, 5) is 10.9. The van der Waals surface area contributed by atoms with Gasteiger partial charge in [0.1, 0.15) is 11.6 Å². The van der Waals surface area contributed by atoms with Crippen LogP contribution < -0.4 is 5.32 Å². The maximum Gasteiger partial charge on any atom is 0.203 e. The molecule has 8 heteroatoms. The highest BCUT2D eigenvalue weighted by atomic mass is 19.2. The van der Waals surface area contributed by atoms with Crippen LogP contribution in [0.4, 0.5) is 19.0 Å². The van der Waals surface area contributed by atoms with Gasteiger partial charge in [-0.3, -0.25) is 0 Å². The van der Waals surface area contributed by atoms with E-state index in [0.29, 0.717) is 17.4 Å². The van der Waals surface area contributed by atoms with Gasteiger partial charge in [-0.15, -0.1) is 0 Å². The Labute approximate surface area is 116 Å². The topological polar surface area (TPSA) is 73.8 Å². The van der Waals surface area contributed by atoms with Crippen LogP contribution in [0.3, 0.4) is 0 Å². The molecule has 0 unspecified atom stereocenters. The summed E-state index contributed by atoms with van der Waals surface area (Å²) in [6.07, 6.45) is 0. The minimum atomic E-state index is -1.64. The summed E-state index contributed by atoms with van der Waals surface area (Å²) >= 11 is 0. The maximum absolute atomic E-state index is 13.9. The van der Waals surface area contributed by atoms with Crippen molar-refractivity contribution in [3.05, 3.63) is 35.7 Å². The Balaban J connectivity index is 2.21. The molecular weight excluding hydrogens is 285 g/mol. The molecular formula is C13H9F3N4O. The fourth-order valence-corrected chi connectivity index (χ4v) is 1.92. The van der Waals surface area contributed by atoms with Crippen molar-refractivity contribution in [2.24, 2.45) is 0 Å². The summed E-state index contributed by atoms with van der Waals surface area (Å²) in [6.45, 7) is 0. The quantitative estimate of drug-likeness (QED) is 0.635. The summed E-state index contributed by atoms with van der Waals surface area (Å²) in [6, 6.07) is 3.95. The molecule has 2 aromatic heterocycles. The summed E-state index contributed by atoms with van der Waals surface area (Å²) in [7, 11) is 1.68. The van der Waals surface area contributed by atoms with E-state index >= 15 is 0 Å². The summed E-state index contributed by atoms with van der Waals surface area (Å²) < 4.78 is 40.2. The number of aromatic amines is 1. The van der Waals surface area contributed by atoms with Crippen molar-refractivity contribution in [3.8, 4) is 17.1 Å². The van der Waals surface area contributed by atoms with E-state index in [-0.39, 0.29) is 17.0 Å². The number of nitrogens with zero attached hydrogens (tertiary/aromatic N) is 2. The number of rotatable bonds is 2. The second-order valence-corrected chi connectivity index (χ2v) is 4.29. The fraction of sp³-hybridized carbons (Fsp3) is 0.0769. The van der Waals surface area contributed by atoms with Crippen molar-refractivity contribution in [2.75, 3.05) is 12.4 Å². The molecule has 0 saturated carbocycles. The lowest BCUT2D eigenvalue weighted by Crippen LogP contribution is -1.94. The van der Waals surface area contributed by atoms with E-state index in [1.54, 1.807) is 19.2 Å². The van der Waals surface area contributed by atoms with E-state index in [0.717, 1.165) is 0 Å². The minimum Gasteiger partial charge on any atom is -0.503 e. The Kier molecular flexibility index (Phi) is 2.93. The average Bonchev–Trinajstić information content (AvgIpc) is 2.91. The molecule has 5 nitrogen and oxygen atoms in total. The molecule has 0 atom stereocenters. The Morgan fingerprint density at radius 2 is 1.90 bits per heavy atom. The van der Waals surface area contributed by atoms with Gasteiger partial charge in [-0.25, -0.2) is 18.7 Å². The molecule has 0 amide bonds. The SMILES string of the molecule is CNc1ccc2[nH]c(-c3cc(F)c(F)c(O)c3F)nc2n1. The zero-order valence-electron chi connectivity index (χ0n) is 10.7. The Hall–Kier alpha value is -2.77. The number of fused-ring (bicyclic) bond motifs is 1. The molecule has 3 aromatic rings. The highest BCUT2D eigenvalue weighted by Crippen LogP contribution is 2.32. The van der Waals surface area contributed by atoms with Gasteiger partial charge < -0.3 is 15.4 Å². The summed E-state index contributed by atoms with van der Waals surface area (Å²) in [5, 5.41) is 12.0. The van der Waals surface area contributed by atoms with E-state index in [9.17, 15) is 18.3 Å². The normalized spacial score (nSPS) is 11.0. The van der Waals surface area contributed by atoms with Gasteiger partial charge >= 0.3 is 0 Å². The first kappa shape index (κ1) is 13.2. The monoisotopic (exact) mass is 294 g/mol. The van der Waals surface area contributed by atoms with Crippen LogP contribution in [-0.4, -0.2) is 27.1 Å². The lowest BCUT2D eigenvalue weighted by atomic mass is 10.1. The molecule has 0 bridgehead atoms. The lowest BCUT2D eigenvalue weighted by Gasteiger charge is -2.03. The second kappa shape index (κ2) is 4.65. The number of hydrogen-bond acceptors (Lipinski definition) is 4. The lowest BCUT2D eigenvalue weighted by molar-refractivity contribution is 0.377. The number of halogens is 3. The largest absolute Gasteiger partial charge is 0.503 e. The number of pyridine rings is 1. The third kappa shape index (κ3) is 2.04. The van der Waals surface area contributed by atoms with E-state index in [4.69, 9.17) is 0 Å². The molecule has 1 aromatic carbocycles. The molecule has 3 rings (SSSR count). The van der Waals surface area contributed by atoms with E-state index in [1.807, 2.05) is 0 Å². The van der Waals surface area contributed by atoms with Gasteiger partial charge in [-0.1, -0.05) is 0 Å². The van der Waals surface area contributed by atoms with E-state index in [1.165, 1.54) is 0 Å². The van der Waals surface area contributed by atoms with Gasteiger partial charge in [0.25, 0.3) is 0 Å². The zero-order valence-corrected chi connectivity index (χ0v) is 10.7. The second-order valence-electron chi connectivity index (χ2n) is 4.29. The van der Waals surface area contributed by atoms with Crippen molar-refractivity contribution in [2.45, 2.75) is 0 Å². The van der Waals surface area contributed by atoms with Gasteiger partial charge in [0.05, 0.1) is 11.1 Å². The Bertz CT molecular complexity index is 847. The van der Waals surface area contributed by atoms with Crippen LogP contribution >= 0.6 is 0 Å². The number of H-pyrrole nitrogens is 1. The number of phenols is 1. The van der Waals surface area contributed by atoms with Crippen molar-refractivity contribution < 1.29 is 18.3 Å². The molecule has 0 aliphatic carbocycles. The molecule has 0 aliphatic rings. The summed E-state index contributed by atoms with van der Waals surface area (Å²) in [5.41, 5.74) is 0.392. The first-order chi connectivity index (χ1) is 10.0. The van der Waals surface area contributed by atoms with Crippen LogP contribution in [0.25, 0.3) is 22.6 Å². The fourth-order valence-electron chi connectivity index (χ4n) is 1.92. The molecule has 21 heavy (non-hydrogen) atoms. The molecule has 0 radical (unpaired) electrons. The van der Waals surface area contributed by atoms with E-state index < -0.39 is 23.2 Å². The Morgan fingerprint density at radius 3 is 2.62 bits per heavy atom. The zero-order chi connectivity index (χ0) is 15.1. The first-order valence-corrected chi connectivity index (χ1v) is 5.92. The molecule has 3 N–H and O–H groups in total. The highest BCUT2D eigenvalue weighted by molar-refractivity contribution is 5.78. The van der Waals surface area contributed by atoms with Crippen LogP contribution in [0.5, 0.6) is 5.75 Å². The highest BCUT2D eigenvalue weighted by Gasteiger charge is 2.21. The molecule has 2 heterocycles. The predicted molar refractivity (Wildman–Crippen MR) is 70.4 cm³/mol. The predicted octanol–water partition coefficient (Wildman–Crippen LogP) is 2.79. The number of hydrogen-bond donors (Lipinski definition) is 3. The van der Waals surface area contributed by atoms with Crippen molar-refractivity contribution >= 4 is 17.0 Å². The van der Waals surface area contributed by atoms with Gasteiger partial charge in [0, 0.05) is 7.05 Å². The average molecular weight is 294 g/mol. The molecule has 0 saturated heterocycles. The van der Waals surface area contributed by atoms with Crippen LogP contribution in [0.1, 0.15) is 0 Å². The molecule has 0 spiro atoms. The maximum atomic E-state index is 13.9. The number of phenolic OH excluding ortho intramolecular Hbond substituents is 1. The van der Waals surface area contributed by atoms with Crippen LogP contribution in [0, 0.1) is 17.5 Å². The number of aromatic hydroxyl groups is 1. The number of nitrogens with one attached hydrogen (secondary N) is 2. The van der Waals surface area contributed by atoms with Gasteiger partial charge in [-0.05, 0) is 18.2 Å².